The van der Waals surface area contributed by atoms with E-state index < -0.39 is 34.5 Å². The smallest absolute Gasteiger partial charge is 0.360 e. The first kappa shape index (κ1) is 31.2. The van der Waals surface area contributed by atoms with Crippen molar-refractivity contribution in [1.82, 2.24) is 15.0 Å². The number of phenolic OH excluding ortho intramolecular Hbond substituents is 1. The van der Waals surface area contributed by atoms with Crippen LogP contribution in [-0.2, 0) is 24.2 Å². The zero-order valence-electron chi connectivity index (χ0n) is 24.7. The molecule has 1 atom stereocenters. The number of hydrogen-bond donors (Lipinski definition) is 1. The molecule has 0 saturated heterocycles. The summed E-state index contributed by atoms with van der Waals surface area (Å²) in [5.41, 5.74) is 3.60. The van der Waals surface area contributed by atoms with Crippen LogP contribution in [0.3, 0.4) is 0 Å². The molecule has 0 aliphatic heterocycles. The first-order chi connectivity index (χ1) is 17.2. The molecule has 12 heteroatoms. The molecule has 0 aliphatic rings. The molecule has 3 rings (SSSR count). The monoisotopic (exact) mass is 608 g/mol. The Morgan fingerprint density at radius 3 is 2.13 bits per heavy atom. The maximum absolute atomic E-state index is 11.3. The van der Waals surface area contributed by atoms with E-state index in [4.69, 9.17) is 23.9 Å². The molecule has 1 N–H and O–H groups in total. The molecular weight excluding hydrogens is 566 g/mol. The van der Waals surface area contributed by atoms with Crippen LogP contribution in [-0.4, -0.2) is 54.6 Å². The van der Waals surface area contributed by atoms with Crippen LogP contribution < -0.4 is 0 Å². The lowest BCUT2D eigenvalue weighted by Gasteiger charge is -2.36. The molecule has 2 aromatic carbocycles. The molecule has 0 spiro atoms. The summed E-state index contributed by atoms with van der Waals surface area (Å²) in [5.74, 6) is 0.185. The lowest BCUT2D eigenvalue weighted by atomic mass is 9.84. The minimum Gasteiger partial charge on any atom is -0.505 e. The summed E-state index contributed by atoms with van der Waals surface area (Å²) in [6, 6.07) is 10.3. The van der Waals surface area contributed by atoms with Gasteiger partial charge >= 0.3 is 17.8 Å². The van der Waals surface area contributed by atoms with Gasteiger partial charge in [0, 0.05) is 10.6 Å². The van der Waals surface area contributed by atoms with Crippen LogP contribution in [0.4, 0.5) is 0 Å². The maximum Gasteiger partial charge on any atom is 0.360 e. The summed E-state index contributed by atoms with van der Waals surface area (Å²) < 4.78 is 19.7. The lowest BCUT2D eigenvalue weighted by molar-refractivity contribution is 0.343. The zero-order valence-corrected chi connectivity index (χ0v) is 29.4. The van der Waals surface area contributed by atoms with Gasteiger partial charge in [-0.05, 0) is 100 Å². The fraction of sp³-hybridized carbons (Fsp3) is 0.538. The molecule has 7 nitrogen and oxygen atoms in total. The number of aryl methyl sites for hydroxylation is 1. The van der Waals surface area contributed by atoms with Crippen LogP contribution in [0.1, 0.15) is 31.9 Å². The highest BCUT2D eigenvalue weighted by Crippen LogP contribution is 2.37. The average molecular weight is 609 g/mol. The van der Waals surface area contributed by atoms with Gasteiger partial charge in [-0.15, -0.1) is 15.0 Å². The Balaban J connectivity index is 1.99. The van der Waals surface area contributed by atoms with E-state index in [2.05, 4.69) is 89.4 Å². The summed E-state index contributed by atoms with van der Waals surface area (Å²) >= 11 is 6.17. The number of aromatic nitrogens is 3. The molecule has 1 unspecified atom stereocenters. The van der Waals surface area contributed by atoms with Gasteiger partial charge in [-0.3, -0.25) is 0 Å². The third-order valence-electron chi connectivity index (χ3n) is 5.71. The molecule has 38 heavy (non-hydrogen) atoms. The number of benzene rings is 2. The molecule has 1 heterocycles. The zero-order chi connectivity index (χ0) is 28.7. The van der Waals surface area contributed by atoms with Crippen molar-refractivity contribution in [3.8, 4) is 11.4 Å². The Hall–Kier alpha value is -1.32. The van der Waals surface area contributed by atoms with Crippen LogP contribution in [0.2, 0.25) is 63.4 Å². The number of hydrogen-bond acceptors (Lipinski definition) is 6. The fourth-order valence-corrected chi connectivity index (χ4v) is 18.3. The Bertz CT molecular complexity index is 1280. The number of phenols is 1. The summed E-state index contributed by atoms with van der Waals surface area (Å²) in [4.78, 5) is 1.51. The normalized spacial score (nSPS) is 14.9. The largest absolute Gasteiger partial charge is 0.505 e. The van der Waals surface area contributed by atoms with Crippen LogP contribution in [0.5, 0.6) is 5.75 Å². The number of aromatic hydroxyl groups is 1. The van der Waals surface area contributed by atoms with Crippen molar-refractivity contribution in [3.05, 3.63) is 46.5 Å². The summed E-state index contributed by atoms with van der Waals surface area (Å²) in [6.45, 7) is 23.7. The van der Waals surface area contributed by atoms with Gasteiger partial charge in [0.2, 0.25) is 0 Å². The molecule has 1 radical (unpaired) electrons. The summed E-state index contributed by atoms with van der Waals surface area (Å²) in [5, 5.41) is 21.2. The second kappa shape index (κ2) is 11.3. The second-order valence-electron chi connectivity index (χ2n) is 13.0. The molecule has 0 amide bonds. The van der Waals surface area contributed by atoms with Crippen molar-refractivity contribution in [1.29, 1.82) is 0 Å². The molecule has 0 saturated carbocycles. The van der Waals surface area contributed by atoms with E-state index in [1.54, 1.807) is 12.1 Å². The molecule has 0 aliphatic carbocycles. The van der Waals surface area contributed by atoms with Gasteiger partial charge in [-0.1, -0.05) is 38.4 Å². The summed E-state index contributed by atoms with van der Waals surface area (Å²) in [7, 11) is -7.56. The van der Waals surface area contributed by atoms with Crippen molar-refractivity contribution < 1.29 is 17.5 Å². The number of fused-ring (bicyclic) bond motifs is 1. The van der Waals surface area contributed by atoms with Crippen molar-refractivity contribution >= 4 is 57.1 Å². The molecule has 3 aromatic rings. The number of rotatable bonds is 10. The van der Waals surface area contributed by atoms with Crippen LogP contribution in [0, 0.1) is 0 Å². The van der Waals surface area contributed by atoms with Gasteiger partial charge in [0.15, 0.2) is 16.6 Å². The van der Waals surface area contributed by atoms with Crippen molar-refractivity contribution in [3.63, 3.8) is 0 Å². The van der Waals surface area contributed by atoms with E-state index in [0.29, 0.717) is 21.7 Å². The first-order valence-electron chi connectivity index (χ1n) is 13.1. The van der Waals surface area contributed by atoms with E-state index in [1.165, 1.54) is 4.80 Å². The van der Waals surface area contributed by atoms with Gasteiger partial charge in [-0.2, -0.15) is 0 Å². The molecular formula is C26H43ClN3O4Si4. The van der Waals surface area contributed by atoms with E-state index >= 15 is 0 Å². The Morgan fingerprint density at radius 2 is 1.55 bits per heavy atom. The van der Waals surface area contributed by atoms with Crippen LogP contribution >= 0.6 is 11.6 Å². The highest BCUT2D eigenvalue weighted by molar-refractivity contribution is 6.85. The van der Waals surface area contributed by atoms with Gasteiger partial charge in [-0.25, -0.2) is 0 Å². The fourth-order valence-electron chi connectivity index (χ4n) is 4.44. The van der Waals surface area contributed by atoms with E-state index in [1.807, 2.05) is 12.1 Å². The maximum atomic E-state index is 11.3. The number of halogens is 1. The van der Waals surface area contributed by atoms with Crippen LogP contribution in [0.15, 0.2) is 30.3 Å². The molecule has 0 fully saturated rings. The minimum absolute atomic E-state index is 0.185. The van der Waals surface area contributed by atoms with Gasteiger partial charge in [0.25, 0.3) is 0 Å². The Morgan fingerprint density at radius 1 is 0.921 bits per heavy atom. The van der Waals surface area contributed by atoms with Gasteiger partial charge < -0.3 is 17.5 Å². The van der Waals surface area contributed by atoms with Gasteiger partial charge in [0.1, 0.15) is 22.5 Å². The van der Waals surface area contributed by atoms with E-state index in [-0.39, 0.29) is 11.2 Å². The predicted molar refractivity (Wildman–Crippen MR) is 166 cm³/mol. The SMILES string of the molecule is C[Si](O[Si](C)(C)C)O[Si](C)(CCc1cc(-n2nc3ccc(Cl)cc3n2)c(O)c(C(C)(C)C)c1)O[Si](C)(C)C. The van der Waals surface area contributed by atoms with Crippen LogP contribution in [0.25, 0.3) is 16.7 Å². The van der Waals surface area contributed by atoms with Crippen molar-refractivity contribution in [2.24, 2.45) is 0 Å². The summed E-state index contributed by atoms with van der Waals surface area (Å²) in [6.07, 6.45) is 0.748. The minimum atomic E-state index is -2.55. The predicted octanol–water partition coefficient (Wildman–Crippen LogP) is 7.53. The van der Waals surface area contributed by atoms with Crippen molar-refractivity contribution in [2.45, 2.75) is 91.0 Å². The quantitative estimate of drug-likeness (QED) is 0.240. The third kappa shape index (κ3) is 8.59. The molecule has 209 valence electrons. The topological polar surface area (TPSA) is 78.6 Å². The van der Waals surface area contributed by atoms with Gasteiger partial charge in [0.05, 0.1) is 0 Å². The van der Waals surface area contributed by atoms with Crippen molar-refractivity contribution in [2.75, 3.05) is 0 Å². The average Bonchev–Trinajstić information content (AvgIpc) is 3.12. The van der Waals surface area contributed by atoms with E-state index in [0.717, 1.165) is 23.6 Å². The second-order valence-corrected chi connectivity index (χ2v) is 28.1. The molecule has 0 bridgehead atoms. The number of nitrogens with zero attached hydrogens (tertiary/aromatic N) is 3. The Labute approximate surface area is 237 Å². The highest BCUT2D eigenvalue weighted by atomic mass is 35.5. The van der Waals surface area contributed by atoms with E-state index in [9.17, 15) is 5.11 Å². The lowest BCUT2D eigenvalue weighted by Crippen LogP contribution is -2.52. The highest BCUT2D eigenvalue weighted by Gasteiger charge is 2.39. The third-order valence-corrected chi connectivity index (χ3v) is 17.8. The standard InChI is InChI=1S/C26H43ClN3O4Si4/c1-26(2,3)21-16-19(14-15-38(11,34-37(8,9)10)33-35(4)32-36(5,6)7)17-24(25(21)31)30-28-22-13-12-20(27)18-23(22)29-30/h12-13,16-18,31H,14-15H2,1-11H3. The first-order valence-corrected chi connectivity index (χ1v) is 24.6. The Kier molecular flexibility index (Phi) is 9.26. The molecule has 1 aromatic heterocycles.